The molecule has 0 aliphatic carbocycles. The van der Waals surface area contributed by atoms with E-state index in [0.717, 1.165) is 6.54 Å². The van der Waals surface area contributed by atoms with E-state index in [1.807, 2.05) is 6.92 Å². The molecule has 1 heterocycles. The smallest absolute Gasteiger partial charge is 0.0476 e. The Morgan fingerprint density at radius 1 is 1.05 bits per heavy atom. The van der Waals surface area contributed by atoms with Gasteiger partial charge in [-0.25, -0.2) is 0 Å². The van der Waals surface area contributed by atoms with Gasteiger partial charge >= 0.3 is 0 Å². The van der Waals surface area contributed by atoms with Crippen LogP contribution in [0.5, 0.6) is 0 Å². The van der Waals surface area contributed by atoms with E-state index in [4.69, 9.17) is 5.73 Å². The van der Waals surface area contributed by atoms with Crippen molar-refractivity contribution in [3.63, 3.8) is 0 Å². The average Bonchev–Trinajstić information content (AvgIpc) is 2.88. The van der Waals surface area contributed by atoms with Crippen molar-refractivity contribution in [1.82, 2.24) is 4.57 Å². The Morgan fingerprint density at radius 2 is 1.84 bits per heavy atom. The van der Waals surface area contributed by atoms with Gasteiger partial charge in [0.1, 0.15) is 0 Å². The van der Waals surface area contributed by atoms with Crippen molar-refractivity contribution in [2.45, 2.75) is 19.5 Å². The number of nitrogens with two attached hydrogens (primary N) is 1. The fourth-order valence-electron chi connectivity index (χ4n) is 2.45. The van der Waals surface area contributed by atoms with E-state index < -0.39 is 0 Å². The quantitative estimate of drug-likeness (QED) is 0.754. The molecular weight excluding hydrogens is 232 g/mol. The van der Waals surface area contributed by atoms with Crippen molar-refractivity contribution < 1.29 is 0 Å². The van der Waals surface area contributed by atoms with Gasteiger partial charge in [0.15, 0.2) is 0 Å². The maximum Gasteiger partial charge on any atom is 0.0476 e. The summed E-state index contributed by atoms with van der Waals surface area (Å²) in [6.45, 7) is 2.89. The van der Waals surface area contributed by atoms with Crippen LogP contribution in [0.3, 0.4) is 0 Å². The third-order valence-electron chi connectivity index (χ3n) is 3.53. The Labute approximate surface area is 113 Å². The van der Waals surface area contributed by atoms with Crippen LogP contribution in [0.15, 0.2) is 60.9 Å². The highest BCUT2D eigenvalue weighted by molar-refractivity contribution is 5.85. The van der Waals surface area contributed by atoms with Crippen LogP contribution in [0.1, 0.15) is 24.1 Å². The highest BCUT2D eigenvalue weighted by Crippen LogP contribution is 2.20. The summed E-state index contributed by atoms with van der Waals surface area (Å²) in [5.41, 5.74) is 8.42. The maximum atomic E-state index is 5.90. The van der Waals surface area contributed by atoms with Crippen molar-refractivity contribution in [2.75, 3.05) is 0 Å². The summed E-state index contributed by atoms with van der Waals surface area (Å²) in [5, 5.41) is 2.61. The lowest BCUT2D eigenvalue weighted by atomic mass is 10.0. The number of hydrogen-bond acceptors (Lipinski definition) is 1. The van der Waals surface area contributed by atoms with E-state index >= 15 is 0 Å². The number of rotatable bonds is 3. The van der Waals surface area contributed by atoms with Gasteiger partial charge in [-0.1, -0.05) is 42.5 Å². The van der Waals surface area contributed by atoms with Crippen LogP contribution in [0.25, 0.3) is 10.8 Å². The van der Waals surface area contributed by atoms with Crippen molar-refractivity contribution >= 4 is 10.8 Å². The fourth-order valence-corrected chi connectivity index (χ4v) is 2.45. The summed E-state index contributed by atoms with van der Waals surface area (Å²) < 4.78 is 2.19. The molecule has 0 saturated heterocycles. The third-order valence-corrected chi connectivity index (χ3v) is 3.53. The molecule has 2 heteroatoms. The molecule has 2 nitrogen and oxygen atoms in total. The van der Waals surface area contributed by atoms with Gasteiger partial charge < -0.3 is 10.3 Å². The highest BCUT2D eigenvalue weighted by atomic mass is 14.9. The lowest BCUT2D eigenvalue weighted by molar-refractivity contribution is 0.780. The maximum absolute atomic E-state index is 5.90. The van der Waals surface area contributed by atoms with Crippen LogP contribution >= 0.6 is 0 Å². The number of aromatic nitrogens is 1. The van der Waals surface area contributed by atoms with Gasteiger partial charge in [-0.3, -0.25) is 0 Å². The molecule has 0 aliphatic heterocycles. The van der Waals surface area contributed by atoms with Crippen LogP contribution in [0.4, 0.5) is 0 Å². The highest BCUT2D eigenvalue weighted by Gasteiger charge is 2.04. The second kappa shape index (κ2) is 4.90. The largest absolute Gasteiger partial charge is 0.350 e. The van der Waals surface area contributed by atoms with Crippen LogP contribution in [-0.2, 0) is 6.54 Å². The minimum Gasteiger partial charge on any atom is -0.350 e. The number of fused-ring (bicyclic) bond motifs is 1. The van der Waals surface area contributed by atoms with E-state index in [1.54, 1.807) is 0 Å². The van der Waals surface area contributed by atoms with Crippen LogP contribution in [0.2, 0.25) is 0 Å². The second-order valence-electron chi connectivity index (χ2n) is 5.04. The van der Waals surface area contributed by atoms with Crippen molar-refractivity contribution in [3.8, 4) is 0 Å². The second-order valence-corrected chi connectivity index (χ2v) is 5.04. The van der Waals surface area contributed by atoms with Crippen molar-refractivity contribution in [1.29, 1.82) is 0 Å². The molecule has 3 rings (SSSR count). The topological polar surface area (TPSA) is 30.9 Å². The van der Waals surface area contributed by atoms with E-state index in [0.29, 0.717) is 0 Å². The first-order valence-corrected chi connectivity index (χ1v) is 6.62. The Morgan fingerprint density at radius 3 is 2.63 bits per heavy atom. The van der Waals surface area contributed by atoms with Gasteiger partial charge in [0.05, 0.1) is 0 Å². The molecule has 19 heavy (non-hydrogen) atoms. The Hall–Kier alpha value is -2.06. The SMILES string of the molecule is CC(N)c1ccn(Cc2cccc3ccccc23)c1. The number of benzene rings is 2. The van der Waals surface area contributed by atoms with Crippen LogP contribution in [0, 0.1) is 0 Å². The van der Waals surface area contributed by atoms with Gasteiger partial charge in [-0.15, -0.1) is 0 Å². The lowest BCUT2D eigenvalue weighted by Crippen LogP contribution is -2.04. The standard InChI is InChI=1S/C17H18N2/c1-13(18)15-9-10-19(11-15)12-16-7-4-6-14-5-2-3-8-17(14)16/h2-11,13H,12,18H2,1H3. The summed E-state index contributed by atoms with van der Waals surface area (Å²) in [6.07, 6.45) is 4.23. The Bertz CT molecular complexity index is 690. The molecule has 0 spiro atoms. The fraction of sp³-hybridized carbons (Fsp3) is 0.176. The van der Waals surface area contributed by atoms with Gasteiger partial charge in [0.25, 0.3) is 0 Å². The molecule has 1 aromatic heterocycles. The Balaban J connectivity index is 1.96. The first-order valence-electron chi connectivity index (χ1n) is 6.62. The van der Waals surface area contributed by atoms with Gasteiger partial charge in [-0.2, -0.15) is 0 Å². The lowest BCUT2D eigenvalue weighted by Gasteiger charge is -2.08. The summed E-state index contributed by atoms with van der Waals surface area (Å²) in [4.78, 5) is 0. The van der Waals surface area contributed by atoms with E-state index in [1.165, 1.54) is 21.9 Å². The zero-order valence-electron chi connectivity index (χ0n) is 11.1. The number of nitrogens with zero attached hydrogens (tertiary/aromatic N) is 1. The first kappa shape index (κ1) is 12.0. The van der Waals surface area contributed by atoms with E-state index in [-0.39, 0.29) is 6.04 Å². The van der Waals surface area contributed by atoms with Crippen LogP contribution in [-0.4, -0.2) is 4.57 Å². The van der Waals surface area contributed by atoms with E-state index in [2.05, 4.69) is 65.5 Å². The first-order chi connectivity index (χ1) is 9.24. The van der Waals surface area contributed by atoms with E-state index in [9.17, 15) is 0 Å². The van der Waals surface area contributed by atoms with Crippen LogP contribution < -0.4 is 5.73 Å². The molecule has 0 aliphatic rings. The molecule has 0 bridgehead atoms. The van der Waals surface area contributed by atoms with Gasteiger partial charge in [0, 0.05) is 25.0 Å². The van der Waals surface area contributed by atoms with Crippen molar-refractivity contribution in [2.24, 2.45) is 5.73 Å². The molecule has 2 N–H and O–H groups in total. The molecule has 96 valence electrons. The molecule has 0 radical (unpaired) electrons. The minimum absolute atomic E-state index is 0.0915. The van der Waals surface area contributed by atoms with Crippen molar-refractivity contribution in [3.05, 3.63) is 72.1 Å². The zero-order chi connectivity index (χ0) is 13.2. The molecule has 1 atom stereocenters. The molecule has 0 amide bonds. The molecule has 0 fully saturated rings. The monoisotopic (exact) mass is 250 g/mol. The predicted octanol–water partition coefficient (Wildman–Crippen LogP) is 3.71. The summed E-state index contributed by atoms with van der Waals surface area (Å²) >= 11 is 0. The Kier molecular flexibility index (Phi) is 3.10. The molecule has 1 unspecified atom stereocenters. The zero-order valence-corrected chi connectivity index (χ0v) is 11.1. The third kappa shape index (κ3) is 2.40. The normalized spacial score (nSPS) is 12.7. The van der Waals surface area contributed by atoms with Gasteiger partial charge in [-0.05, 0) is 34.9 Å². The number of hydrogen-bond donors (Lipinski definition) is 1. The van der Waals surface area contributed by atoms with Gasteiger partial charge in [0.2, 0.25) is 0 Å². The predicted molar refractivity (Wildman–Crippen MR) is 80.1 cm³/mol. The average molecular weight is 250 g/mol. The molecule has 3 aromatic rings. The molecule has 2 aromatic carbocycles. The summed E-state index contributed by atoms with van der Waals surface area (Å²) in [5.74, 6) is 0. The minimum atomic E-state index is 0.0915. The molecular formula is C17H18N2. The summed E-state index contributed by atoms with van der Waals surface area (Å²) in [7, 11) is 0. The molecule has 0 saturated carbocycles. The summed E-state index contributed by atoms with van der Waals surface area (Å²) in [6, 6.07) is 17.2.